The molecule has 0 spiro atoms. The predicted molar refractivity (Wildman–Crippen MR) is 77.6 cm³/mol. The molecule has 1 aliphatic carbocycles. The van der Waals surface area contributed by atoms with Crippen molar-refractivity contribution in [2.24, 2.45) is 0 Å². The van der Waals surface area contributed by atoms with E-state index in [0.717, 1.165) is 18.5 Å². The molecule has 0 unspecified atom stereocenters. The van der Waals surface area contributed by atoms with Crippen LogP contribution in [0.15, 0.2) is 12.3 Å². The van der Waals surface area contributed by atoms with Crippen LogP contribution >= 0.6 is 11.6 Å². The average Bonchev–Trinajstić information content (AvgIpc) is 2.32. The number of pyridine rings is 1. The Morgan fingerprint density at radius 1 is 1.26 bits per heavy atom. The van der Waals surface area contributed by atoms with E-state index >= 15 is 0 Å². The lowest BCUT2D eigenvalue weighted by Gasteiger charge is -2.21. The molecule has 3 nitrogen and oxygen atoms in total. The molecule has 0 bridgehead atoms. The Hall–Kier alpha value is -1.09. The van der Waals surface area contributed by atoms with Gasteiger partial charge in [-0.2, -0.15) is 0 Å². The summed E-state index contributed by atoms with van der Waals surface area (Å²) in [4.78, 5) is 16.4. The summed E-state index contributed by atoms with van der Waals surface area (Å²) >= 11 is 6.10. The van der Waals surface area contributed by atoms with Crippen LogP contribution in [0.4, 0.5) is 0 Å². The van der Waals surface area contributed by atoms with Crippen molar-refractivity contribution in [2.75, 3.05) is 0 Å². The summed E-state index contributed by atoms with van der Waals surface area (Å²) in [6.45, 7) is 1.86. The molecular formula is C15H21ClN2O. The Kier molecular flexibility index (Phi) is 5.20. The van der Waals surface area contributed by atoms with Gasteiger partial charge < -0.3 is 5.32 Å². The van der Waals surface area contributed by atoms with Crippen LogP contribution in [0.3, 0.4) is 0 Å². The molecule has 1 fully saturated rings. The van der Waals surface area contributed by atoms with Gasteiger partial charge in [0.15, 0.2) is 0 Å². The molecule has 1 N–H and O–H groups in total. The summed E-state index contributed by atoms with van der Waals surface area (Å²) in [5.41, 5.74) is 1.31. The first-order valence-electron chi connectivity index (χ1n) is 7.10. The van der Waals surface area contributed by atoms with Gasteiger partial charge in [-0.25, -0.2) is 0 Å². The van der Waals surface area contributed by atoms with E-state index < -0.39 is 0 Å². The highest BCUT2D eigenvalue weighted by Crippen LogP contribution is 2.19. The first kappa shape index (κ1) is 14.3. The molecule has 4 heteroatoms. The normalized spacial score (nSPS) is 17.6. The molecule has 1 aromatic heterocycles. The average molecular weight is 281 g/mol. The Bertz CT molecular complexity index is 440. The lowest BCUT2D eigenvalue weighted by molar-refractivity contribution is 0.0930. The molecule has 1 saturated carbocycles. The van der Waals surface area contributed by atoms with Crippen LogP contribution in [0, 0.1) is 6.92 Å². The fourth-order valence-electron chi connectivity index (χ4n) is 2.56. The third-order valence-electron chi connectivity index (χ3n) is 3.68. The fourth-order valence-corrected chi connectivity index (χ4v) is 2.85. The molecule has 1 aliphatic rings. The summed E-state index contributed by atoms with van der Waals surface area (Å²) in [5.74, 6) is -0.0944. The van der Waals surface area contributed by atoms with Crippen LogP contribution in [0.2, 0.25) is 5.02 Å². The van der Waals surface area contributed by atoms with E-state index in [2.05, 4.69) is 10.3 Å². The highest BCUT2D eigenvalue weighted by atomic mass is 35.5. The van der Waals surface area contributed by atoms with Crippen molar-refractivity contribution < 1.29 is 4.79 Å². The van der Waals surface area contributed by atoms with Gasteiger partial charge in [-0.1, -0.05) is 43.7 Å². The lowest BCUT2D eigenvalue weighted by Crippen LogP contribution is -2.35. The first-order valence-corrected chi connectivity index (χ1v) is 7.47. The number of halogens is 1. The predicted octanol–water partition coefficient (Wildman–Crippen LogP) is 3.89. The minimum atomic E-state index is -0.0944. The van der Waals surface area contributed by atoms with Gasteiger partial charge in [-0.15, -0.1) is 0 Å². The van der Waals surface area contributed by atoms with Crippen LogP contribution in [0.1, 0.15) is 61.0 Å². The third kappa shape index (κ3) is 4.20. The van der Waals surface area contributed by atoms with Crippen molar-refractivity contribution in [3.8, 4) is 0 Å². The highest BCUT2D eigenvalue weighted by molar-refractivity contribution is 6.33. The fraction of sp³-hybridized carbons (Fsp3) is 0.600. The van der Waals surface area contributed by atoms with Crippen LogP contribution < -0.4 is 5.32 Å². The van der Waals surface area contributed by atoms with E-state index in [1.807, 2.05) is 6.92 Å². The number of rotatable bonds is 2. The number of carbonyl (C=O) groups is 1. The molecule has 19 heavy (non-hydrogen) atoms. The smallest absolute Gasteiger partial charge is 0.254 e. The van der Waals surface area contributed by atoms with Crippen LogP contribution in [-0.4, -0.2) is 16.9 Å². The molecule has 1 amide bonds. The van der Waals surface area contributed by atoms with E-state index in [9.17, 15) is 4.79 Å². The molecule has 2 rings (SSSR count). The van der Waals surface area contributed by atoms with Gasteiger partial charge >= 0.3 is 0 Å². The lowest BCUT2D eigenvalue weighted by atomic mass is 9.96. The number of hydrogen-bond donors (Lipinski definition) is 1. The largest absolute Gasteiger partial charge is 0.349 e. The molecular weight excluding hydrogens is 260 g/mol. The zero-order chi connectivity index (χ0) is 13.7. The second kappa shape index (κ2) is 6.90. The summed E-state index contributed by atoms with van der Waals surface area (Å²) in [7, 11) is 0. The summed E-state index contributed by atoms with van der Waals surface area (Å²) in [5, 5.41) is 3.58. The topological polar surface area (TPSA) is 42.0 Å². The second-order valence-corrected chi connectivity index (χ2v) is 5.73. The van der Waals surface area contributed by atoms with E-state index in [1.54, 1.807) is 12.3 Å². The standard InChI is InChI=1S/C15H21ClN2O/c1-11-9-14(16)13(10-17-11)15(19)18-12-7-5-3-2-4-6-8-12/h9-10,12H,2-8H2,1H3,(H,18,19). The number of aromatic nitrogens is 1. The quantitative estimate of drug-likeness (QED) is 0.893. The van der Waals surface area contributed by atoms with Crippen molar-refractivity contribution in [3.63, 3.8) is 0 Å². The SMILES string of the molecule is Cc1cc(Cl)c(C(=O)NC2CCCCCCC2)cn1. The third-order valence-corrected chi connectivity index (χ3v) is 3.99. The molecule has 0 radical (unpaired) electrons. The van der Waals surface area contributed by atoms with Crippen molar-refractivity contribution in [1.82, 2.24) is 10.3 Å². The zero-order valence-corrected chi connectivity index (χ0v) is 12.2. The maximum absolute atomic E-state index is 12.2. The van der Waals surface area contributed by atoms with Gasteiger partial charge in [-0.05, 0) is 25.8 Å². The number of nitrogens with zero attached hydrogens (tertiary/aromatic N) is 1. The Morgan fingerprint density at radius 3 is 2.53 bits per heavy atom. The van der Waals surface area contributed by atoms with Gasteiger partial charge in [0.1, 0.15) is 0 Å². The Labute approximate surface area is 119 Å². The minimum absolute atomic E-state index is 0.0944. The molecule has 1 aromatic rings. The molecule has 0 aromatic carbocycles. The van der Waals surface area contributed by atoms with Gasteiger partial charge in [0, 0.05) is 17.9 Å². The zero-order valence-electron chi connectivity index (χ0n) is 11.4. The summed E-state index contributed by atoms with van der Waals surface area (Å²) in [6.07, 6.45) is 9.99. The summed E-state index contributed by atoms with van der Waals surface area (Å²) < 4.78 is 0. The minimum Gasteiger partial charge on any atom is -0.349 e. The van der Waals surface area contributed by atoms with Crippen molar-refractivity contribution in [2.45, 2.75) is 57.9 Å². The Morgan fingerprint density at radius 2 is 1.89 bits per heavy atom. The molecule has 1 heterocycles. The van der Waals surface area contributed by atoms with E-state index in [4.69, 9.17) is 11.6 Å². The molecule has 0 aliphatic heterocycles. The van der Waals surface area contributed by atoms with Gasteiger partial charge in [0.2, 0.25) is 0 Å². The first-order chi connectivity index (χ1) is 9.16. The van der Waals surface area contributed by atoms with E-state index in [1.165, 1.54) is 32.1 Å². The van der Waals surface area contributed by atoms with Crippen LogP contribution in [0.25, 0.3) is 0 Å². The Balaban J connectivity index is 1.99. The number of carbonyl (C=O) groups excluding carboxylic acids is 1. The van der Waals surface area contributed by atoms with Gasteiger partial charge in [0.25, 0.3) is 5.91 Å². The number of amides is 1. The van der Waals surface area contributed by atoms with Crippen molar-refractivity contribution >= 4 is 17.5 Å². The maximum atomic E-state index is 12.2. The monoisotopic (exact) mass is 280 g/mol. The maximum Gasteiger partial charge on any atom is 0.254 e. The van der Waals surface area contributed by atoms with Gasteiger partial charge in [-0.3, -0.25) is 9.78 Å². The number of nitrogens with one attached hydrogen (secondary N) is 1. The van der Waals surface area contributed by atoms with Crippen molar-refractivity contribution in [3.05, 3.63) is 28.5 Å². The summed E-state index contributed by atoms with van der Waals surface area (Å²) in [6, 6.07) is 2.01. The highest BCUT2D eigenvalue weighted by Gasteiger charge is 2.17. The molecule has 0 saturated heterocycles. The number of aryl methyl sites for hydroxylation is 1. The number of hydrogen-bond acceptors (Lipinski definition) is 2. The molecule has 104 valence electrons. The van der Waals surface area contributed by atoms with Crippen molar-refractivity contribution in [1.29, 1.82) is 0 Å². The van der Waals surface area contributed by atoms with Crippen LogP contribution in [-0.2, 0) is 0 Å². The molecule has 0 atom stereocenters. The van der Waals surface area contributed by atoms with E-state index in [-0.39, 0.29) is 11.9 Å². The van der Waals surface area contributed by atoms with E-state index in [0.29, 0.717) is 10.6 Å². The second-order valence-electron chi connectivity index (χ2n) is 5.32. The van der Waals surface area contributed by atoms with Crippen LogP contribution in [0.5, 0.6) is 0 Å². The van der Waals surface area contributed by atoms with Gasteiger partial charge in [0.05, 0.1) is 10.6 Å².